The molecule has 7 heteroatoms. The van der Waals surface area contributed by atoms with Crippen molar-refractivity contribution in [3.8, 4) is 16.9 Å². The molecule has 0 radical (unpaired) electrons. The maximum atomic E-state index is 14.8. The number of carboxylic acid groups (broad SMARTS) is 1. The number of benzene rings is 3. The van der Waals surface area contributed by atoms with E-state index >= 15 is 0 Å². The molecule has 0 spiro atoms. The topological polar surface area (TPSA) is 49.8 Å². The minimum absolute atomic E-state index is 0.00787. The van der Waals surface area contributed by atoms with Crippen LogP contribution in [0.4, 0.5) is 13.6 Å². The summed E-state index contributed by atoms with van der Waals surface area (Å²) in [5.41, 5.74) is 1.42. The molecule has 0 bridgehead atoms. The van der Waals surface area contributed by atoms with E-state index in [0.29, 0.717) is 22.4 Å². The fourth-order valence-corrected chi connectivity index (χ4v) is 5.28. The summed E-state index contributed by atoms with van der Waals surface area (Å²) < 4.78 is 35.7. The van der Waals surface area contributed by atoms with Crippen LogP contribution in [0.25, 0.3) is 11.1 Å². The van der Waals surface area contributed by atoms with Gasteiger partial charge in [0.05, 0.1) is 17.6 Å². The van der Waals surface area contributed by atoms with E-state index < -0.39 is 29.7 Å². The number of alkyl halides is 1. The van der Waals surface area contributed by atoms with Crippen molar-refractivity contribution in [2.75, 3.05) is 6.54 Å². The third-order valence-corrected chi connectivity index (χ3v) is 6.75. The van der Waals surface area contributed by atoms with Crippen LogP contribution in [0.15, 0.2) is 66.7 Å². The third-order valence-electron chi connectivity index (χ3n) is 6.38. The van der Waals surface area contributed by atoms with Gasteiger partial charge in [-0.25, -0.2) is 13.6 Å². The summed E-state index contributed by atoms with van der Waals surface area (Å²) in [6, 6.07) is 18.8. The molecule has 1 unspecified atom stereocenters. The van der Waals surface area contributed by atoms with E-state index in [9.17, 15) is 18.7 Å². The van der Waals surface area contributed by atoms with Crippen LogP contribution in [-0.4, -0.2) is 34.9 Å². The van der Waals surface area contributed by atoms with Crippen molar-refractivity contribution < 1.29 is 23.4 Å². The largest absolute Gasteiger partial charge is 0.480 e. The predicted molar refractivity (Wildman–Crippen MR) is 117 cm³/mol. The lowest BCUT2D eigenvalue weighted by Gasteiger charge is -2.38. The first-order valence-electron chi connectivity index (χ1n) is 10.3. The zero-order valence-corrected chi connectivity index (χ0v) is 17.7. The number of ether oxygens (including phenoxy) is 1. The summed E-state index contributed by atoms with van der Waals surface area (Å²) in [6.45, 7) is -0.227. The second-order valence-corrected chi connectivity index (χ2v) is 8.59. The molecule has 0 aromatic heterocycles. The molecule has 1 N–H and O–H groups in total. The Morgan fingerprint density at radius 2 is 1.78 bits per heavy atom. The summed E-state index contributed by atoms with van der Waals surface area (Å²) in [6.07, 6.45) is -2.29. The monoisotopic (exact) mass is 455 g/mol. The Kier molecular flexibility index (Phi) is 5.05. The number of halogens is 3. The smallest absolute Gasteiger partial charge is 0.407 e. The lowest BCUT2D eigenvalue weighted by atomic mass is 9.80. The first-order chi connectivity index (χ1) is 15.4. The van der Waals surface area contributed by atoms with E-state index in [1.807, 2.05) is 60.7 Å². The maximum absolute atomic E-state index is 14.8. The number of carbonyl (C=O) groups is 1. The van der Waals surface area contributed by atoms with Crippen LogP contribution in [0.5, 0.6) is 5.75 Å². The van der Waals surface area contributed by atoms with E-state index in [0.717, 1.165) is 10.5 Å². The first kappa shape index (κ1) is 20.8. The van der Waals surface area contributed by atoms with Gasteiger partial charge < -0.3 is 9.84 Å². The highest BCUT2D eigenvalue weighted by Gasteiger charge is 2.55. The van der Waals surface area contributed by atoms with Gasteiger partial charge >= 0.3 is 6.09 Å². The third kappa shape index (κ3) is 3.21. The lowest BCUT2D eigenvalue weighted by molar-refractivity contribution is 0.00674. The molecule has 0 aliphatic carbocycles. The molecule has 4 nitrogen and oxygen atoms in total. The van der Waals surface area contributed by atoms with Crippen molar-refractivity contribution in [1.82, 2.24) is 4.90 Å². The predicted octanol–water partition coefficient (Wildman–Crippen LogP) is 6.07. The molecule has 0 saturated carbocycles. The number of nitrogens with zero attached hydrogens (tertiary/aromatic N) is 1. The van der Waals surface area contributed by atoms with Crippen LogP contribution < -0.4 is 4.74 Å². The molecule has 3 aromatic rings. The normalized spacial score (nSPS) is 24.3. The molecule has 1 amide bonds. The number of hydrogen-bond donors (Lipinski definition) is 1. The van der Waals surface area contributed by atoms with Crippen molar-refractivity contribution in [1.29, 1.82) is 0 Å². The highest BCUT2D eigenvalue weighted by atomic mass is 35.5. The van der Waals surface area contributed by atoms with Gasteiger partial charge in [-0.1, -0.05) is 72.3 Å². The van der Waals surface area contributed by atoms with Crippen molar-refractivity contribution in [2.45, 2.75) is 30.7 Å². The molecule has 5 rings (SSSR count). The SMILES string of the molecule is O=C(O)N1C[C@H](F)C[C@H]1C1(c2ccccc2)Cc2c(cc(F)c(Cl)c2-c2ccccc2)O1. The Balaban J connectivity index is 1.71. The van der Waals surface area contributed by atoms with Gasteiger partial charge in [0.15, 0.2) is 5.60 Å². The fraction of sp³-hybridized carbons (Fsp3) is 0.240. The quantitative estimate of drug-likeness (QED) is 0.521. The molecule has 1 saturated heterocycles. The second kappa shape index (κ2) is 7.78. The summed E-state index contributed by atoms with van der Waals surface area (Å²) in [4.78, 5) is 13.1. The maximum Gasteiger partial charge on any atom is 0.407 e. The highest BCUT2D eigenvalue weighted by Crippen LogP contribution is 2.52. The Hall–Kier alpha value is -3.12. The summed E-state index contributed by atoms with van der Waals surface area (Å²) in [5, 5.41) is 9.76. The molecule has 2 heterocycles. The molecule has 2 aliphatic heterocycles. The Labute approximate surface area is 189 Å². The molecule has 32 heavy (non-hydrogen) atoms. The van der Waals surface area contributed by atoms with Crippen LogP contribution in [0, 0.1) is 5.82 Å². The molecule has 1 fully saturated rings. The van der Waals surface area contributed by atoms with E-state index in [1.165, 1.54) is 6.07 Å². The van der Waals surface area contributed by atoms with Crippen LogP contribution >= 0.6 is 11.6 Å². The van der Waals surface area contributed by atoms with Gasteiger partial charge in [0.25, 0.3) is 0 Å². The van der Waals surface area contributed by atoms with Crippen molar-refractivity contribution >= 4 is 17.7 Å². The number of likely N-dealkylation sites (tertiary alicyclic amines) is 1. The van der Waals surface area contributed by atoms with Crippen LogP contribution in [0.1, 0.15) is 17.5 Å². The average Bonchev–Trinajstić information content (AvgIpc) is 3.37. The van der Waals surface area contributed by atoms with Gasteiger partial charge in [-0.2, -0.15) is 0 Å². The first-order valence-corrected chi connectivity index (χ1v) is 10.7. The van der Waals surface area contributed by atoms with E-state index in [4.69, 9.17) is 16.3 Å². The molecule has 2 aliphatic rings. The summed E-state index contributed by atoms with van der Waals surface area (Å²) >= 11 is 6.42. The zero-order chi connectivity index (χ0) is 22.5. The molecular formula is C25H20ClF2NO3. The average molecular weight is 456 g/mol. The van der Waals surface area contributed by atoms with Crippen molar-refractivity contribution in [3.05, 3.63) is 88.7 Å². The summed E-state index contributed by atoms with van der Waals surface area (Å²) in [7, 11) is 0. The standard InChI is InChI=1S/C25H20ClF2NO3/c26-23-19(28)12-20-18(22(23)15-7-3-1-4-8-15)13-25(32-20,16-9-5-2-6-10-16)21-11-17(27)14-29(21)24(30)31/h1-10,12,17,21H,11,13-14H2,(H,30,31)/t17-,21+,25?/m1/s1. The van der Waals surface area contributed by atoms with Crippen LogP contribution in [-0.2, 0) is 12.0 Å². The minimum Gasteiger partial charge on any atom is -0.480 e. The van der Waals surface area contributed by atoms with Crippen molar-refractivity contribution in [2.24, 2.45) is 0 Å². The van der Waals surface area contributed by atoms with Crippen molar-refractivity contribution in [3.63, 3.8) is 0 Å². The van der Waals surface area contributed by atoms with Crippen LogP contribution in [0.2, 0.25) is 5.02 Å². The fourth-order valence-electron chi connectivity index (χ4n) is 5.01. The Morgan fingerprint density at radius 1 is 1.12 bits per heavy atom. The number of fused-ring (bicyclic) bond motifs is 1. The zero-order valence-electron chi connectivity index (χ0n) is 17.0. The van der Waals surface area contributed by atoms with Gasteiger partial charge in [0, 0.05) is 30.0 Å². The van der Waals surface area contributed by atoms with Gasteiger partial charge in [0.1, 0.15) is 17.7 Å². The number of amides is 1. The molecule has 3 atom stereocenters. The van der Waals surface area contributed by atoms with Gasteiger partial charge in [0.2, 0.25) is 0 Å². The molecule has 3 aromatic carbocycles. The van der Waals surface area contributed by atoms with Crippen LogP contribution in [0.3, 0.4) is 0 Å². The highest BCUT2D eigenvalue weighted by molar-refractivity contribution is 6.33. The van der Waals surface area contributed by atoms with Gasteiger partial charge in [-0.05, 0) is 11.1 Å². The Morgan fingerprint density at radius 3 is 2.44 bits per heavy atom. The van der Waals surface area contributed by atoms with E-state index in [-0.39, 0.29) is 24.4 Å². The molecular weight excluding hydrogens is 436 g/mol. The minimum atomic E-state index is -1.31. The lowest BCUT2D eigenvalue weighted by Crippen LogP contribution is -2.52. The Bertz CT molecular complexity index is 1170. The molecule has 164 valence electrons. The van der Waals surface area contributed by atoms with E-state index in [1.54, 1.807) is 0 Å². The van der Waals surface area contributed by atoms with Gasteiger partial charge in [-0.15, -0.1) is 0 Å². The number of rotatable bonds is 3. The van der Waals surface area contributed by atoms with Gasteiger partial charge in [-0.3, -0.25) is 4.90 Å². The second-order valence-electron chi connectivity index (χ2n) is 8.21. The van der Waals surface area contributed by atoms with E-state index in [2.05, 4.69) is 0 Å². The number of hydrogen-bond acceptors (Lipinski definition) is 2. The summed E-state index contributed by atoms with van der Waals surface area (Å²) in [5.74, 6) is -0.333.